The Hall–Kier alpha value is -3.82. The number of anilines is 1. The Morgan fingerprint density at radius 1 is 1.03 bits per heavy atom. The van der Waals surface area contributed by atoms with Gasteiger partial charge in [-0.25, -0.2) is 9.78 Å². The first-order valence-corrected chi connectivity index (χ1v) is 9.97. The van der Waals surface area contributed by atoms with E-state index in [1.165, 1.54) is 52.1 Å². The van der Waals surface area contributed by atoms with E-state index < -0.39 is 17.2 Å². The van der Waals surface area contributed by atoms with Gasteiger partial charge in [0, 0.05) is 25.9 Å². The molecule has 0 saturated carbocycles. The fraction of sp³-hybridized carbons (Fsp3) is 0.364. The number of nitrogens with one attached hydrogen (secondary N) is 1. The van der Waals surface area contributed by atoms with Crippen LogP contribution in [0.1, 0.15) is 29.3 Å². The van der Waals surface area contributed by atoms with Crippen molar-refractivity contribution in [1.29, 1.82) is 0 Å². The summed E-state index contributed by atoms with van der Waals surface area (Å²) in [6.45, 7) is 1.98. The molecule has 3 rings (SSSR count). The van der Waals surface area contributed by atoms with Crippen LogP contribution in [0.4, 0.5) is 5.69 Å². The summed E-state index contributed by atoms with van der Waals surface area (Å²) in [5.41, 5.74) is 0.420. The van der Waals surface area contributed by atoms with E-state index in [-0.39, 0.29) is 16.6 Å². The second-order valence-electron chi connectivity index (χ2n) is 7.18. The van der Waals surface area contributed by atoms with Gasteiger partial charge in [0.1, 0.15) is 5.39 Å². The maximum atomic E-state index is 13.2. The average molecular weight is 442 g/mol. The number of ether oxygens (including phenoxy) is 3. The van der Waals surface area contributed by atoms with Crippen LogP contribution < -0.4 is 30.8 Å². The van der Waals surface area contributed by atoms with Crippen LogP contribution in [0.25, 0.3) is 11.0 Å². The van der Waals surface area contributed by atoms with Crippen molar-refractivity contribution in [2.45, 2.75) is 19.8 Å². The molecule has 10 nitrogen and oxygen atoms in total. The third kappa shape index (κ3) is 3.79. The number of amides is 1. The van der Waals surface area contributed by atoms with Crippen molar-refractivity contribution in [2.75, 3.05) is 26.6 Å². The molecule has 0 aliphatic heterocycles. The molecule has 0 saturated heterocycles. The Kier molecular flexibility index (Phi) is 6.52. The summed E-state index contributed by atoms with van der Waals surface area (Å²) < 4.78 is 18.2. The molecule has 0 atom stereocenters. The zero-order chi connectivity index (χ0) is 23.6. The normalized spacial score (nSPS) is 10.8. The highest BCUT2D eigenvalue weighted by molar-refractivity contribution is 6.09. The number of pyridine rings is 1. The summed E-state index contributed by atoms with van der Waals surface area (Å²) in [5, 5.41) is 3.02. The number of nitrogens with zero attached hydrogens (tertiary/aromatic N) is 3. The van der Waals surface area contributed by atoms with E-state index in [9.17, 15) is 14.4 Å². The fourth-order valence-electron chi connectivity index (χ4n) is 3.57. The van der Waals surface area contributed by atoms with Crippen molar-refractivity contribution < 1.29 is 19.0 Å². The molecule has 170 valence electrons. The molecule has 0 spiro atoms. The third-order valence-electron chi connectivity index (χ3n) is 5.23. The number of aryl methyl sites for hydroxylation is 2. The Labute approximate surface area is 184 Å². The van der Waals surface area contributed by atoms with E-state index in [2.05, 4.69) is 10.3 Å². The largest absolute Gasteiger partial charge is 0.493 e. The lowest BCUT2D eigenvalue weighted by Crippen LogP contribution is -2.38. The summed E-state index contributed by atoms with van der Waals surface area (Å²) in [4.78, 5) is 42.9. The summed E-state index contributed by atoms with van der Waals surface area (Å²) in [5.74, 6) is 0.522. The van der Waals surface area contributed by atoms with Gasteiger partial charge in [0.2, 0.25) is 5.75 Å². The number of methoxy groups -OCH3 is 3. The van der Waals surface area contributed by atoms with Crippen LogP contribution in [0, 0.1) is 0 Å². The van der Waals surface area contributed by atoms with Gasteiger partial charge in [-0.1, -0.05) is 13.3 Å². The molecule has 0 aliphatic rings. The van der Waals surface area contributed by atoms with Gasteiger partial charge in [-0.15, -0.1) is 0 Å². The van der Waals surface area contributed by atoms with Crippen LogP contribution in [0.15, 0.2) is 27.9 Å². The van der Waals surface area contributed by atoms with Gasteiger partial charge < -0.3 is 19.5 Å². The maximum absolute atomic E-state index is 13.2. The summed E-state index contributed by atoms with van der Waals surface area (Å²) in [6.07, 6.45) is 2.93. The van der Waals surface area contributed by atoms with Crippen LogP contribution in [-0.4, -0.2) is 41.4 Å². The third-order valence-corrected chi connectivity index (χ3v) is 5.23. The van der Waals surface area contributed by atoms with Gasteiger partial charge in [0.25, 0.3) is 11.5 Å². The number of aromatic nitrogens is 3. The second kappa shape index (κ2) is 9.13. The number of benzene rings is 1. The molecular formula is C22H26N4O6. The molecule has 1 N–H and O–H groups in total. The van der Waals surface area contributed by atoms with Crippen LogP contribution in [-0.2, 0) is 20.5 Å². The average Bonchev–Trinajstić information content (AvgIpc) is 2.81. The van der Waals surface area contributed by atoms with Gasteiger partial charge in [-0.3, -0.25) is 18.7 Å². The number of hydrogen-bond acceptors (Lipinski definition) is 7. The number of hydrogen-bond donors (Lipinski definition) is 1. The minimum Gasteiger partial charge on any atom is -0.493 e. The standard InChI is InChI=1S/C22H26N4O6/c1-7-8-12-11-23-19-16(21(28)26(3)22(29)25(19)2)17(12)24-20(27)13-9-14(30-4)18(32-6)15(10-13)31-5/h9-11H,7-8H2,1-6H3,(H,23,24,27). The summed E-state index contributed by atoms with van der Waals surface area (Å²) in [7, 11) is 7.31. The van der Waals surface area contributed by atoms with Crippen LogP contribution >= 0.6 is 0 Å². The minimum absolute atomic E-state index is 0.168. The Morgan fingerprint density at radius 3 is 2.19 bits per heavy atom. The lowest BCUT2D eigenvalue weighted by atomic mass is 10.1. The molecule has 0 bridgehead atoms. The molecule has 1 amide bonds. The van der Waals surface area contributed by atoms with Crippen molar-refractivity contribution >= 4 is 22.6 Å². The molecule has 0 aliphatic carbocycles. The first-order chi connectivity index (χ1) is 15.3. The Morgan fingerprint density at radius 2 is 1.66 bits per heavy atom. The highest BCUT2D eigenvalue weighted by atomic mass is 16.5. The molecule has 0 radical (unpaired) electrons. The quantitative estimate of drug-likeness (QED) is 0.594. The summed E-state index contributed by atoms with van der Waals surface area (Å²) in [6, 6.07) is 3.04. The van der Waals surface area contributed by atoms with Crippen molar-refractivity contribution in [3.63, 3.8) is 0 Å². The summed E-state index contributed by atoms with van der Waals surface area (Å²) >= 11 is 0. The molecule has 1 aromatic carbocycles. The lowest BCUT2D eigenvalue weighted by molar-refractivity contribution is 0.102. The maximum Gasteiger partial charge on any atom is 0.332 e. The predicted molar refractivity (Wildman–Crippen MR) is 120 cm³/mol. The van der Waals surface area contributed by atoms with Gasteiger partial charge in [-0.05, 0) is 24.1 Å². The first-order valence-electron chi connectivity index (χ1n) is 9.97. The molecule has 0 fully saturated rings. The van der Waals surface area contributed by atoms with E-state index in [0.29, 0.717) is 34.9 Å². The highest BCUT2D eigenvalue weighted by Gasteiger charge is 2.21. The zero-order valence-corrected chi connectivity index (χ0v) is 18.9. The van der Waals surface area contributed by atoms with Crippen molar-refractivity contribution in [2.24, 2.45) is 14.1 Å². The van der Waals surface area contributed by atoms with E-state index in [1.54, 1.807) is 6.20 Å². The zero-order valence-electron chi connectivity index (χ0n) is 18.9. The smallest absolute Gasteiger partial charge is 0.332 e. The molecule has 3 aromatic rings. The van der Waals surface area contributed by atoms with E-state index in [0.717, 1.165) is 11.0 Å². The first kappa shape index (κ1) is 22.9. The van der Waals surface area contributed by atoms with Crippen molar-refractivity contribution in [1.82, 2.24) is 14.1 Å². The molecule has 2 aromatic heterocycles. The number of carbonyl (C=O) groups is 1. The number of carbonyl (C=O) groups excluding carboxylic acids is 1. The topological polar surface area (TPSA) is 114 Å². The molecule has 32 heavy (non-hydrogen) atoms. The molecule has 2 heterocycles. The highest BCUT2D eigenvalue weighted by Crippen LogP contribution is 2.38. The van der Waals surface area contributed by atoms with Crippen molar-refractivity contribution in [3.05, 3.63) is 50.3 Å². The predicted octanol–water partition coefficient (Wildman–Crippen LogP) is 1.86. The number of fused-ring (bicyclic) bond motifs is 1. The van der Waals surface area contributed by atoms with Crippen molar-refractivity contribution in [3.8, 4) is 17.2 Å². The molecule has 0 unspecified atom stereocenters. The van der Waals surface area contributed by atoms with Gasteiger partial charge in [-0.2, -0.15) is 0 Å². The van der Waals surface area contributed by atoms with E-state index >= 15 is 0 Å². The van der Waals surface area contributed by atoms with E-state index in [4.69, 9.17) is 14.2 Å². The minimum atomic E-state index is -0.534. The van der Waals surface area contributed by atoms with E-state index in [1.807, 2.05) is 6.92 Å². The second-order valence-corrected chi connectivity index (χ2v) is 7.18. The van der Waals surface area contributed by atoms with Gasteiger partial charge >= 0.3 is 5.69 Å². The SMILES string of the molecule is CCCc1cnc2c(c1NC(=O)c1cc(OC)c(OC)c(OC)c1)c(=O)n(C)c(=O)n2C. The fourth-order valence-corrected chi connectivity index (χ4v) is 3.57. The lowest BCUT2D eigenvalue weighted by Gasteiger charge is -2.17. The van der Waals surface area contributed by atoms with Gasteiger partial charge in [0.15, 0.2) is 17.1 Å². The Bertz CT molecular complexity index is 1280. The van der Waals surface area contributed by atoms with Crippen LogP contribution in [0.5, 0.6) is 17.2 Å². The monoisotopic (exact) mass is 442 g/mol. The van der Waals surface area contributed by atoms with Gasteiger partial charge in [0.05, 0.1) is 27.0 Å². The molecular weight excluding hydrogens is 416 g/mol. The number of rotatable bonds is 7. The Balaban J connectivity index is 2.22. The van der Waals surface area contributed by atoms with Crippen LogP contribution in [0.3, 0.4) is 0 Å². The van der Waals surface area contributed by atoms with Crippen LogP contribution in [0.2, 0.25) is 0 Å². The molecule has 10 heteroatoms.